The molecule has 23 heavy (non-hydrogen) atoms. The first-order valence-electron chi connectivity index (χ1n) is 7.32. The summed E-state index contributed by atoms with van der Waals surface area (Å²) in [7, 11) is 1.55. The summed E-state index contributed by atoms with van der Waals surface area (Å²) in [6, 6.07) is 3.37. The summed E-state index contributed by atoms with van der Waals surface area (Å²) in [5, 5.41) is 3.30. The number of nitrogens with zero attached hydrogens (tertiary/aromatic N) is 1. The van der Waals surface area contributed by atoms with E-state index in [1.165, 1.54) is 0 Å². The Labute approximate surface area is 137 Å². The molecule has 0 spiro atoms. The lowest BCUT2D eigenvalue weighted by Crippen LogP contribution is -2.34. The smallest absolute Gasteiger partial charge is 0.256 e. The van der Waals surface area contributed by atoms with Crippen LogP contribution >= 0.6 is 11.6 Å². The summed E-state index contributed by atoms with van der Waals surface area (Å²) in [6.07, 6.45) is 1.52. The molecule has 1 aliphatic heterocycles. The Kier molecular flexibility index (Phi) is 4.28. The number of carbonyl (C=O) groups is 1. The quantitative estimate of drug-likeness (QED) is 0.865. The van der Waals surface area contributed by atoms with Crippen molar-refractivity contribution in [1.29, 1.82) is 0 Å². The van der Waals surface area contributed by atoms with E-state index >= 15 is 0 Å². The van der Waals surface area contributed by atoms with E-state index in [0.29, 0.717) is 41.4 Å². The number of hydrogen-bond donors (Lipinski definition) is 1. The normalized spacial score (nSPS) is 16.2. The van der Waals surface area contributed by atoms with Crippen molar-refractivity contribution in [1.82, 2.24) is 9.88 Å². The number of nitrogens with one attached hydrogen (secondary N) is 1. The summed E-state index contributed by atoms with van der Waals surface area (Å²) in [4.78, 5) is 25.0. The standard InChI is InChI=1S/C16H17ClN2O4/c1-9-7-19-8-10(16(21)18-5-6-22-2)15(20)13-11(17)3-4-12(23-9)14(13)19/h3-4,8-9H,5-7H2,1-2H3,(H,18,21). The molecule has 2 aromatic rings. The SMILES string of the molecule is COCCNC(=O)c1cn2c3c(ccc(Cl)c3c1=O)OC(C)C2. The summed E-state index contributed by atoms with van der Waals surface area (Å²) in [6.45, 7) is 3.19. The van der Waals surface area contributed by atoms with Crippen molar-refractivity contribution in [3.63, 3.8) is 0 Å². The van der Waals surface area contributed by atoms with Crippen LogP contribution in [0.3, 0.4) is 0 Å². The van der Waals surface area contributed by atoms with Crippen molar-refractivity contribution in [2.75, 3.05) is 20.3 Å². The predicted molar refractivity (Wildman–Crippen MR) is 87.5 cm³/mol. The van der Waals surface area contributed by atoms with Crippen LogP contribution < -0.4 is 15.5 Å². The Morgan fingerprint density at radius 2 is 2.30 bits per heavy atom. The van der Waals surface area contributed by atoms with E-state index in [9.17, 15) is 9.59 Å². The van der Waals surface area contributed by atoms with E-state index in [1.54, 1.807) is 25.4 Å². The molecule has 7 heteroatoms. The maximum atomic E-state index is 12.7. The number of methoxy groups -OCH3 is 1. The molecule has 3 rings (SSSR count). The van der Waals surface area contributed by atoms with Gasteiger partial charge < -0.3 is 19.4 Å². The molecule has 0 fully saturated rings. The highest BCUT2D eigenvalue weighted by molar-refractivity contribution is 6.35. The van der Waals surface area contributed by atoms with Crippen molar-refractivity contribution in [2.45, 2.75) is 19.6 Å². The average Bonchev–Trinajstić information content (AvgIpc) is 2.52. The van der Waals surface area contributed by atoms with E-state index < -0.39 is 11.3 Å². The number of pyridine rings is 1. The highest BCUT2D eigenvalue weighted by Crippen LogP contribution is 2.33. The number of halogens is 1. The second-order valence-corrected chi connectivity index (χ2v) is 5.88. The van der Waals surface area contributed by atoms with Gasteiger partial charge in [0.25, 0.3) is 5.91 Å². The third kappa shape index (κ3) is 2.80. The molecule has 1 aromatic carbocycles. The zero-order valence-corrected chi connectivity index (χ0v) is 13.6. The molecule has 1 amide bonds. The van der Waals surface area contributed by atoms with E-state index in [-0.39, 0.29) is 11.7 Å². The maximum Gasteiger partial charge on any atom is 0.256 e. The molecule has 1 aromatic heterocycles. The zero-order chi connectivity index (χ0) is 16.6. The molecule has 0 saturated carbocycles. The Balaban J connectivity index is 2.15. The van der Waals surface area contributed by atoms with Crippen LogP contribution in [-0.4, -0.2) is 36.8 Å². The van der Waals surface area contributed by atoms with E-state index in [2.05, 4.69) is 5.32 Å². The molecule has 6 nitrogen and oxygen atoms in total. The fraction of sp³-hybridized carbons (Fsp3) is 0.375. The number of amides is 1. The van der Waals surface area contributed by atoms with Crippen molar-refractivity contribution in [3.8, 4) is 5.75 Å². The summed E-state index contributed by atoms with van der Waals surface area (Å²) in [5.41, 5.74) is 0.312. The van der Waals surface area contributed by atoms with E-state index in [1.807, 2.05) is 11.5 Å². The summed E-state index contributed by atoms with van der Waals surface area (Å²) in [5.74, 6) is 0.171. The van der Waals surface area contributed by atoms with E-state index in [0.717, 1.165) is 0 Å². The van der Waals surface area contributed by atoms with Gasteiger partial charge in [-0.1, -0.05) is 11.6 Å². The van der Waals surface area contributed by atoms with Gasteiger partial charge in [-0.3, -0.25) is 9.59 Å². The molecule has 122 valence electrons. The van der Waals surface area contributed by atoms with Crippen LogP contribution in [0.4, 0.5) is 0 Å². The molecule has 2 heterocycles. The Morgan fingerprint density at radius 3 is 3.04 bits per heavy atom. The van der Waals surface area contributed by atoms with Gasteiger partial charge in [0, 0.05) is 19.9 Å². The van der Waals surface area contributed by atoms with Gasteiger partial charge in [0.15, 0.2) is 0 Å². The van der Waals surface area contributed by atoms with Crippen LogP contribution in [0.5, 0.6) is 5.75 Å². The molecule has 1 atom stereocenters. The minimum atomic E-state index is -0.432. The minimum absolute atomic E-state index is 0.0567. The molecule has 0 saturated heterocycles. The van der Waals surface area contributed by atoms with Crippen molar-refractivity contribution in [2.24, 2.45) is 0 Å². The van der Waals surface area contributed by atoms with Crippen molar-refractivity contribution in [3.05, 3.63) is 39.1 Å². The topological polar surface area (TPSA) is 69.6 Å². The van der Waals surface area contributed by atoms with Gasteiger partial charge in [0.05, 0.1) is 29.1 Å². The first-order chi connectivity index (χ1) is 11.0. The third-order valence-electron chi connectivity index (χ3n) is 3.75. The number of benzene rings is 1. The second-order valence-electron chi connectivity index (χ2n) is 5.47. The van der Waals surface area contributed by atoms with Crippen LogP contribution in [0.2, 0.25) is 5.02 Å². The molecule has 0 bridgehead atoms. The summed E-state index contributed by atoms with van der Waals surface area (Å²) < 4.78 is 12.5. The highest BCUT2D eigenvalue weighted by Gasteiger charge is 2.24. The van der Waals surface area contributed by atoms with Crippen LogP contribution in [-0.2, 0) is 11.3 Å². The predicted octanol–water partition coefficient (Wildman–Crippen LogP) is 1.81. The van der Waals surface area contributed by atoms with Crippen LogP contribution in [0.1, 0.15) is 17.3 Å². The van der Waals surface area contributed by atoms with Gasteiger partial charge in [-0.05, 0) is 19.1 Å². The van der Waals surface area contributed by atoms with Crippen LogP contribution in [0.15, 0.2) is 23.1 Å². The number of carbonyl (C=O) groups excluding carboxylic acids is 1. The van der Waals surface area contributed by atoms with Crippen molar-refractivity contribution < 1.29 is 14.3 Å². The molecular weight excluding hydrogens is 320 g/mol. The van der Waals surface area contributed by atoms with Crippen molar-refractivity contribution >= 4 is 28.4 Å². The highest BCUT2D eigenvalue weighted by atomic mass is 35.5. The van der Waals surface area contributed by atoms with Crippen LogP contribution in [0, 0.1) is 0 Å². The van der Waals surface area contributed by atoms with Gasteiger partial charge in [-0.15, -0.1) is 0 Å². The Hall–Kier alpha value is -2.05. The summed E-state index contributed by atoms with van der Waals surface area (Å²) >= 11 is 6.21. The first-order valence-corrected chi connectivity index (χ1v) is 7.70. The lowest BCUT2D eigenvalue weighted by molar-refractivity contribution is 0.0934. The molecular formula is C16H17ClN2O4. The number of ether oxygens (including phenoxy) is 2. The van der Waals surface area contributed by atoms with Gasteiger partial charge in [0.2, 0.25) is 5.43 Å². The second kappa shape index (κ2) is 6.22. The Bertz CT molecular complexity index is 831. The fourth-order valence-electron chi connectivity index (χ4n) is 2.76. The van der Waals surface area contributed by atoms with Gasteiger partial charge >= 0.3 is 0 Å². The molecule has 1 N–H and O–H groups in total. The number of rotatable bonds is 4. The van der Waals surface area contributed by atoms with E-state index in [4.69, 9.17) is 21.1 Å². The third-order valence-corrected chi connectivity index (χ3v) is 4.07. The largest absolute Gasteiger partial charge is 0.487 e. The zero-order valence-electron chi connectivity index (χ0n) is 12.9. The lowest BCUT2D eigenvalue weighted by atomic mass is 10.1. The first kappa shape index (κ1) is 15.8. The molecule has 1 unspecified atom stereocenters. The number of aromatic nitrogens is 1. The molecule has 0 radical (unpaired) electrons. The maximum absolute atomic E-state index is 12.7. The monoisotopic (exact) mass is 336 g/mol. The molecule has 0 aliphatic carbocycles. The van der Waals surface area contributed by atoms with Gasteiger partial charge in [0.1, 0.15) is 17.4 Å². The number of hydrogen-bond acceptors (Lipinski definition) is 4. The van der Waals surface area contributed by atoms with Gasteiger partial charge in [-0.25, -0.2) is 0 Å². The fourth-order valence-corrected chi connectivity index (χ4v) is 2.99. The molecule has 1 aliphatic rings. The Morgan fingerprint density at radius 1 is 1.52 bits per heavy atom. The minimum Gasteiger partial charge on any atom is -0.487 e. The van der Waals surface area contributed by atoms with Crippen LogP contribution in [0.25, 0.3) is 10.9 Å². The average molecular weight is 337 g/mol. The van der Waals surface area contributed by atoms with Gasteiger partial charge in [-0.2, -0.15) is 0 Å². The lowest BCUT2D eigenvalue weighted by Gasteiger charge is -2.26.